The molecule has 2 aromatic carbocycles. The van der Waals surface area contributed by atoms with Gasteiger partial charge in [-0.2, -0.15) is 0 Å². The predicted molar refractivity (Wildman–Crippen MR) is 103 cm³/mol. The Morgan fingerprint density at radius 2 is 1.52 bits per heavy atom. The van der Waals surface area contributed by atoms with Crippen molar-refractivity contribution in [2.75, 3.05) is 4.90 Å². The van der Waals surface area contributed by atoms with Crippen LogP contribution in [-0.2, 0) is 6.54 Å². The van der Waals surface area contributed by atoms with Crippen LogP contribution in [0.3, 0.4) is 0 Å². The van der Waals surface area contributed by atoms with Crippen LogP contribution in [0.5, 0.6) is 0 Å². The molecule has 0 atom stereocenters. The van der Waals surface area contributed by atoms with E-state index in [9.17, 15) is 0 Å². The maximum atomic E-state index is 4.60. The molecule has 3 aromatic rings. The second-order valence-corrected chi connectivity index (χ2v) is 7.22. The summed E-state index contributed by atoms with van der Waals surface area (Å²) in [5, 5.41) is 9.10. The number of hydrogen-bond donors (Lipinski definition) is 0. The lowest BCUT2D eigenvalue weighted by Gasteiger charge is -2.33. The third-order valence-electron chi connectivity index (χ3n) is 4.89. The van der Waals surface area contributed by atoms with Crippen LogP contribution in [0.4, 0.5) is 5.69 Å². The Kier molecular flexibility index (Phi) is 3.83. The average Bonchev–Trinajstić information content (AvgIpc) is 3.03. The molecule has 128 valence electrons. The summed E-state index contributed by atoms with van der Waals surface area (Å²) in [6, 6.07) is 17.9. The van der Waals surface area contributed by atoms with Crippen molar-refractivity contribution in [3.8, 4) is 22.5 Å². The summed E-state index contributed by atoms with van der Waals surface area (Å²) in [5.74, 6) is 0. The van der Waals surface area contributed by atoms with E-state index in [1.54, 1.807) is 0 Å². The number of anilines is 1. The largest absolute Gasteiger partial charge is 0.364 e. The second-order valence-electron chi connectivity index (χ2n) is 7.22. The SMILES string of the molecule is CC(C)N1Cc2ccccc2-c2c(nnn2C(C)C)-c2ccccc21. The molecule has 0 saturated heterocycles. The highest BCUT2D eigenvalue weighted by molar-refractivity contribution is 5.88. The lowest BCUT2D eigenvalue weighted by molar-refractivity contribution is 0.519. The van der Waals surface area contributed by atoms with Crippen molar-refractivity contribution >= 4 is 5.69 Å². The topological polar surface area (TPSA) is 34.0 Å². The Morgan fingerprint density at radius 1 is 0.840 bits per heavy atom. The number of hydrogen-bond acceptors (Lipinski definition) is 3. The van der Waals surface area contributed by atoms with Gasteiger partial charge in [0, 0.05) is 35.4 Å². The zero-order valence-corrected chi connectivity index (χ0v) is 15.3. The van der Waals surface area contributed by atoms with Crippen molar-refractivity contribution in [3.05, 3.63) is 54.1 Å². The van der Waals surface area contributed by atoms with E-state index >= 15 is 0 Å². The van der Waals surface area contributed by atoms with Crippen molar-refractivity contribution in [1.82, 2.24) is 15.0 Å². The Bertz CT molecular complexity index is 908. The maximum Gasteiger partial charge on any atom is 0.123 e. The zero-order chi connectivity index (χ0) is 17.6. The van der Waals surface area contributed by atoms with E-state index in [4.69, 9.17) is 0 Å². The van der Waals surface area contributed by atoms with Crippen molar-refractivity contribution in [1.29, 1.82) is 0 Å². The minimum atomic E-state index is 0.261. The highest BCUT2D eigenvalue weighted by Crippen LogP contribution is 2.42. The number of fused-ring (bicyclic) bond motifs is 5. The van der Waals surface area contributed by atoms with Gasteiger partial charge in [0.15, 0.2) is 0 Å². The Labute approximate surface area is 149 Å². The van der Waals surface area contributed by atoms with Gasteiger partial charge in [-0.25, -0.2) is 4.68 Å². The number of aromatic nitrogens is 3. The lowest BCUT2D eigenvalue weighted by atomic mass is 9.95. The molecule has 0 aliphatic carbocycles. The Hall–Kier alpha value is -2.62. The van der Waals surface area contributed by atoms with Crippen molar-refractivity contribution < 1.29 is 0 Å². The molecule has 0 spiro atoms. The van der Waals surface area contributed by atoms with Crippen LogP contribution in [0.15, 0.2) is 48.5 Å². The first-order valence-electron chi connectivity index (χ1n) is 8.97. The summed E-state index contributed by atoms with van der Waals surface area (Å²) < 4.78 is 2.05. The fourth-order valence-electron chi connectivity index (χ4n) is 3.63. The molecular formula is C21H24N4. The lowest BCUT2D eigenvalue weighted by Crippen LogP contribution is -2.31. The Morgan fingerprint density at radius 3 is 2.24 bits per heavy atom. The number of nitrogens with zero attached hydrogens (tertiary/aromatic N) is 4. The van der Waals surface area contributed by atoms with Gasteiger partial charge in [-0.15, -0.1) is 5.10 Å². The number of rotatable bonds is 2. The molecule has 25 heavy (non-hydrogen) atoms. The molecule has 0 fully saturated rings. The molecule has 4 nitrogen and oxygen atoms in total. The third-order valence-corrected chi connectivity index (χ3v) is 4.89. The normalized spacial score (nSPS) is 13.3. The van der Waals surface area contributed by atoms with E-state index in [1.165, 1.54) is 16.8 Å². The quantitative estimate of drug-likeness (QED) is 0.668. The minimum Gasteiger partial charge on any atom is -0.364 e. The van der Waals surface area contributed by atoms with Gasteiger partial charge in [-0.1, -0.05) is 47.7 Å². The molecule has 0 saturated carbocycles. The third kappa shape index (κ3) is 2.53. The van der Waals surface area contributed by atoms with E-state index < -0.39 is 0 Å². The van der Waals surface area contributed by atoms with Gasteiger partial charge in [0.2, 0.25) is 0 Å². The van der Waals surface area contributed by atoms with Crippen LogP contribution in [0.2, 0.25) is 0 Å². The first-order valence-corrected chi connectivity index (χ1v) is 8.97. The average molecular weight is 332 g/mol. The number of benzene rings is 2. The maximum absolute atomic E-state index is 4.60. The van der Waals surface area contributed by atoms with Gasteiger partial charge >= 0.3 is 0 Å². The summed E-state index contributed by atoms with van der Waals surface area (Å²) >= 11 is 0. The van der Waals surface area contributed by atoms with E-state index in [-0.39, 0.29) is 6.04 Å². The standard InChI is InChI=1S/C21H24N4/c1-14(2)24-13-16-9-5-6-10-17(16)21-20(22-23-25(21)15(3)4)18-11-7-8-12-19(18)24/h5-12,14-15H,13H2,1-4H3. The fraction of sp³-hybridized carbons (Fsp3) is 0.333. The molecule has 4 rings (SSSR count). The van der Waals surface area contributed by atoms with Gasteiger partial charge in [0.1, 0.15) is 5.69 Å². The van der Waals surface area contributed by atoms with Gasteiger partial charge in [-0.05, 0) is 39.3 Å². The smallest absolute Gasteiger partial charge is 0.123 e. The predicted octanol–water partition coefficient (Wildman–Crippen LogP) is 4.92. The molecule has 2 heterocycles. The van der Waals surface area contributed by atoms with E-state index in [1.807, 2.05) is 0 Å². The molecular weight excluding hydrogens is 308 g/mol. The summed E-state index contributed by atoms with van der Waals surface area (Å²) in [6.07, 6.45) is 0. The molecule has 0 N–H and O–H groups in total. The molecule has 1 aliphatic heterocycles. The van der Waals surface area contributed by atoms with Crippen LogP contribution in [0.25, 0.3) is 22.5 Å². The van der Waals surface area contributed by atoms with Crippen LogP contribution in [0.1, 0.15) is 39.3 Å². The highest BCUT2D eigenvalue weighted by Gasteiger charge is 2.27. The molecule has 0 amide bonds. The van der Waals surface area contributed by atoms with Crippen LogP contribution < -0.4 is 4.90 Å². The number of para-hydroxylation sites is 1. The monoisotopic (exact) mass is 332 g/mol. The summed E-state index contributed by atoms with van der Waals surface area (Å²) in [5.41, 5.74) is 7.03. The molecule has 0 bridgehead atoms. The van der Waals surface area contributed by atoms with E-state index in [2.05, 4.69) is 96.1 Å². The molecule has 1 aliphatic rings. The minimum absolute atomic E-state index is 0.261. The fourth-order valence-corrected chi connectivity index (χ4v) is 3.63. The van der Waals surface area contributed by atoms with Gasteiger partial charge in [0.25, 0.3) is 0 Å². The van der Waals surface area contributed by atoms with Crippen molar-refractivity contribution in [3.63, 3.8) is 0 Å². The highest BCUT2D eigenvalue weighted by atomic mass is 15.4. The Balaban J connectivity index is 2.08. The molecule has 4 heteroatoms. The summed E-state index contributed by atoms with van der Waals surface area (Å²) in [4.78, 5) is 2.45. The first-order chi connectivity index (χ1) is 12.1. The van der Waals surface area contributed by atoms with E-state index in [0.717, 1.165) is 23.5 Å². The van der Waals surface area contributed by atoms with Gasteiger partial charge in [0.05, 0.1) is 5.69 Å². The van der Waals surface area contributed by atoms with Crippen molar-refractivity contribution in [2.45, 2.75) is 46.3 Å². The zero-order valence-electron chi connectivity index (χ0n) is 15.3. The molecule has 0 unspecified atom stereocenters. The summed E-state index contributed by atoms with van der Waals surface area (Å²) in [7, 11) is 0. The first kappa shape index (κ1) is 15.9. The van der Waals surface area contributed by atoms with Crippen LogP contribution >= 0.6 is 0 Å². The van der Waals surface area contributed by atoms with Gasteiger partial charge < -0.3 is 4.90 Å². The molecule has 1 aromatic heterocycles. The van der Waals surface area contributed by atoms with E-state index in [0.29, 0.717) is 6.04 Å². The van der Waals surface area contributed by atoms with Crippen LogP contribution in [-0.4, -0.2) is 21.0 Å². The van der Waals surface area contributed by atoms with Crippen LogP contribution in [0, 0.1) is 0 Å². The van der Waals surface area contributed by atoms with Crippen molar-refractivity contribution in [2.24, 2.45) is 0 Å². The summed E-state index contributed by atoms with van der Waals surface area (Å²) in [6.45, 7) is 9.68. The molecule has 0 radical (unpaired) electrons. The second kappa shape index (κ2) is 6.03. The van der Waals surface area contributed by atoms with Gasteiger partial charge in [-0.3, -0.25) is 0 Å².